The molecule has 1 aromatic carbocycles. The monoisotopic (exact) mass is 276 g/mol. The van der Waals surface area contributed by atoms with E-state index < -0.39 is 6.10 Å². The van der Waals surface area contributed by atoms with Crippen molar-refractivity contribution in [2.45, 2.75) is 18.9 Å². The summed E-state index contributed by atoms with van der Waals surface area (Å²) < 4.78 is 12.2. The second-order valence-electron chi connectivity index (χ2n) is 4.77. The second-order valence-corrected chi connectivity index (χ2v) is 4.77. The van der Waals surface area contributed by atoms with E-state index in [9.17, 15) is 5.11 Å². The minimum absolute atomic E-state index is 0.447. The molecular formula is C15H20N2O3. The molecule has 0 aliphatic rings. The van der Waals surface area contributed by atoms with Crippen LogP contribution in [0.4, 0.5) is 0 Å². The van der Waals surface area contributed by atoms with Crippen molar-refractivity contribution in [1.29, 1.82) is 0 Å². The highest BCUT2D eigenvalue weighted by Gasteiger charge is 2.11. The smallest absolute Gasteiger partial charge is 0.160 e. The Morgan fingerprint density at radius 1 is 1.15 bits per heavy atom. The summed E-state index contributed by atoms with van der Waals surface area (Å²) in [5.41, 5.74) is 2.04. The summed E-state index contributed by atoms with van der Waals surface area (Å²) in [4.78, 5) is 0. The van der Waals surface area contributed by atoms with Crippen molar-refractivity contribution in [1.82, 2.24) is 9.78 Å². The molecule has 0 aliphatic heterocycles. The maximum absolute atomic E-state index is 10.1. The van der Waals surface area contributed by atoms with Crippen LogP contribution in [0.25, 0.3) is 0 Å². The molecule has 1 aromatic heterocycles. The molecule has 0 amide bonds. The number of rotatable bonds is 6. The maximum Gasteiger partial charge on any atom is 0.160 e. The first kappa shape index (κ1) is 14.4. The Morgan fingerprint density at radius 2 is 1.85 bits per heavy atom. The van der Waals surface area contributed by atoms with Crippen molar-refractivity contribution in [2.75, 3.05) is 14.2 Å². The Morgan fingerprint density at radius 3 is 2.45 bits per heavy atom. The van der Waals surface area contributed by atoms with Crippen LogP contribution in [0.5, 0.6) is 11.5 Å². The summed E-state index contributed by atoms with van der Waals surface area (Å²) in [6.07, 6.45) is 4.39. The zero-order chi connectivity index (χ0) is 14.5. The molecule has 2 aromatic rings. The van der Waals surface area contributed by atoms with E-state index in [1.807, 2.05) is 31.4 Å². The predicted molar refractivity (Wildman–Crippen MR) is 76.2 cm³/mol. The zero-order valence-electron chi connectivity index (χ0n) is 12.0. The maximum atomic E-state index is 10.1. The molecule has 0 radical (unpaired) electrons. The van der Waals surface area contributed by atoms with Gasteiger partial charge in [-0.1, -0.05) is 6.07 Å². The summed E-state index contributed by atoms with van der Waals surface area (Å²) in [5.74, 6) is 1.37. The summed E-state index contributed by atoms with van der Waals surface area (Å²) in [5, 5.41) is 14.2. The van der Waals surface area contributed by atoms with E-state index in [4.69, 9.17) is 9.47 Å². The third-order valence-corrected chi connectivity index (χ3v) is 3.15. The zero-order valence-corrected chi connectivity index (χ0v) is 12.0. The molecule has 1 unspecified atom stereocenters. The lowest BCUT2D eigenvalue weighted by Gasteiger charge is -2.12. The van der Waals surface area contributed by atoms with Crippen molar-refractivity contribution in [3.8, 4) is 11.5 Å². The molecule has 1 N–H and O–H groups in total. The first-order valence-electron chi connectivity index (χ1n) is 6.49. The van der Waals surface area contributed by atoms with Crippen LogP contribution in [0.1, 0.15) is 11.1 Å². The van der Waals surface area contributed by atoms with E-state index in [0.717, 1.165) is 11.1 Å². The molecule has 0 saturated heterocycles. The number of aryl methyl sites for hydroxylation is 1. The van der Waals surface area contributed by atoms with Gasteiger partial charge in [0.2, 0.25) is 0 Å². The first-order valence-corrected chi connectivity index (χ1v) is 6.49. The van der Waals surface area contributed by atoms with Gasteiger partial charge in [0.15, 0.2) is 11.5 Å². The minimum Gasteiger partial charge on any atom is -0.493 e. The van der Waals surface area contributed by atoms with E-state index in [1.165, 1.54) is 0 Å². The van der Waals surface area contributed by atoms with Gasteiger partial charge in [-0.05, 0) is 29.7 Å². The van der Waals surface area contributed by atoms with Gasteiger partial charge < -0.3 is 14.6 Å². The molecule has 20 heavy (non-hydrogen) atoms. The fourth-order valence-corrected chi connectivity index (χ4v) is 2.20. The Balaban J connectivity index is 2.02. The van der Waals surface area contributed by atoms with Crippen LogP contribution >= 0.6 is 0 Å². The van der Waals surface area contributed by atoms with Crippen molar-refractivity contribution < 1.29 is 14.6 Å². The summed E-state index contributed by atoms with van der Waals surface area (Å²) in [6, 6.07) is 5.68. The molecule has 0 aliphatic carbocycles. The molecule has 0 bridgehead atoms. The van der Waals surface area contributed by atoms with Gasteiger partial charge in [0.25, 0.3) is 0 Å². The van der Waals surface area contributed by atoms with Crippen LogP contribution in [0.2, 0.25) is 0 Å². The van der Waals surface area contributed by atoms with Gasteiger partial charge in [0, 0.05) is 19.7 Å². The lowest BCUT2D eigenvalue weighted by atomic mass is 10.0. The SMILES string of the molecule is COc1ccc(CC(O)Cc2cnn(C)c2)cc1OC. The Hall–Kier alpha value is -2.01. The summed E-state index contributed by atoms with van der Waals surface area (Å²) in [7, 11) is 5.08. The van der Waals surface area contributed by atoms with Gasteiger partial charge in [-0.2, -0.15) is 5.10 Å². The third-order valence-electron chi connectivity index (χ3n) is 3.15. The number of aliphatic hydroxyl groups is 1. The second kappa shape index (κ2) is 6.43. The molecule has 5 heteroatoms. The molecule has 1 atom stereocenters. The van der Waals surface area contributed by atoms with Gasteiger partial charge in [-0.25, -0.2) is 0 Å². The topological polar surface area (TPSA) is 56.5 Å². The van der Waals surface area contributed by atoms with Crippen molar-refractivity contribution in [3.05, 3.63) is 41.7 Å². The lowest BCUT2D eigenvalue weighted by molar-refractivity contribution is 0.175. The summed E-state index contributed by atoms with van der Waals surface area (Å²) >= 11 is 0. The molecule has 0 fully saturated rings. The van der Waals surface area contributed by atoms with Gasteiger partial charge in [-0.15, -0.1) is 0 Å². The van der Waals surface area contributed by atoms with Crippen LogP contribution in [0.15, 0.2) is 30.6 Å². The van der Waals surface area contributed by atoms with Crippen molar-refractivity contribution >= 4 is 0 Å². The number of methoxy groups -OCH3 is 2. The number of ether oxygens (including phenoxy) is 2. The first-order chi connectivity index (χ1) is 9.62. The van der Waals surface area contributed by atoms with Gasteiger partial charge in [0.05, 0.1) is 26.5 Å². The molecule has 2 rings (SSSR count). The average molecular weight is 276 g/mol. The Bertz CT molecular complexity index is 566. The van der Waals surface area contributed by atoms with Crippen LogP contribution in [-0.4, -0.2) is 35.2 Å². The molecule has 1 heterocycles. The number of hydrogen-bond donors (Lipinski definition) is 1. The Labute approximate surface area is 118 Å². The highest BCUT2D eigenvalue weighted by Crippen LogP contribution is 2.28. The fourth-order valence-electron chi connectivity index (χ4n) is 2.20. The number of benzene rings is 1. The molecule has 5 nitrogen and oxygen atoms in total. The van der Waals surface area contributed by atoms with Gasteiger partial charge in [-0.3, -0.25) is 4.68 Å². The van der Waals surface area contributed by atoms with Crippen molar-refractivity contribution in [3.63, 3.8) is 0 Å². The van der Waals surface area contributed by atoms with Gasteiger partial charge >= 0.3 is 0 Å². The molecule has 0 spiro atoms. The third kappa shape index (κ3) is 3.51. The number of hydrogen-bond acceptors (Lipinski definition) is 4. The summed E-state index contributed by atoms with van der Waals surface area (Å²) in [6.45, 7) is 0. The predicted octanol–water partition coefficient (Wildman–Crippen LogP) is 1.58. The van der Waals surface area contributed by atoms with E-state index in [2.05, 4.69) is 5.10 Å². The molecule has 0 saturated carbocycles. The van der Waals surface area contributed by atoms with E-state index in [-0.39, 0.29) is 0 Å². The quantitative estimate of drug-likeness (QED) is 0.870. The molecular weight excluding hydrogens is 256 g/mol. The highest BCUT2D eigenvalue weighted by molar-refractivity contribution is 5.43. The van der Waals surface area contributed by atoms with Crippen LogP contribution in [0.3, 0.4) is 0 Å². The van der Waals surface area contributed by atoms with Crippen LogP contribution in [0, 0.1) is 0 Å². The van der Waals surface area contributed by atoms with E-state index >= 15 is 0 Å². The standard InChI is InChI=1S/C15H20N2O3/c1-17-10-12(9-16-17)7-13(18)6-11-4-5-14(19-2)15(8-11)20-3/h4-5,8-10,13,18H,6-7H2,1-3H3. The normalized spacial score (nSPS) is 12.2. The average Bonchev–Trinajstić information content (AvgIpc) is 2.83. The van der Waals surface area contributed by atoms with E-state index in [0.29, 0.717) is 24.3 Å². The van der Waals surface area contributed by atoms with Gasteiger partial charge in [0.1, 0.15) is 0 Å². The lowest BCUT2D eigenvalue weighted by Crippen LogP contribution is -2.13. The highest BCUT2D eigenvalue weighted by atomic mass is 16.5. The molecule has 108 valence electrons. The minimum atomic E-state index is -0.447. The number of nitrogens with zero attached hydrogens (tertiary/aromatic N) is 2. The largest absolute Gasteiger partial charge is 0.493 e. The number of aromatic nitrogens is 2. The number of aliphatic hydroxyl groups excluding tert-OH is 1. The van der Waals surface area contributed by atoms with E-state index in [1.54, 1.807) is 25.1 Å². The van der Waals surface area contributed by atoms with Crippen LogP contribution < -0.4 is 9.47 Å². The fraction of sp³-hybridized carbons (Fsp3) is 0.400. The van der Waals surface area contributed by atoms with Crippen LogP contribution in [-0.2, 0) is 19.9 Å². The Kier molecular flexibility index (Phi) is 4.63. The van der Waals surface area contributed by atoms with Crippen molar-refractivity contribution in [2.24, 2.45) is 7.05 Å².